The van der Waals surface area contributed by atoms with Gasteiger partial charge < -0.3 is 14.2 Å². The molecule has 2 heterocycles. The Morgan fingerprint density at radius 2 is 1.83 bits per heavy atom. The molecule has 1 aliphatic heterocycles. The standard InChI is InChI=1S/C24H30FN3O/c1-3-27-18-19(21-11-10-20(25)17-23(21)27)7-6-12-26-13-15-28(16-14-26)22-8-4-5-9-24(22)29-2/h4-5,8-11,17-18H,3,6-7,12-16H2,1-2H3. The quantitative estimate of drug-likeness (QED) is 0.585. The number of piperazine rings is 1. The fraction of sp³-hybridized carbons (Fsp3) is 0.417. The molecule has 0 amide bonds. The molecule has 0 spiro atoms. The molecular weight excluding hydrogens is 365 g/mol. The number of aryl methyl sites for hydroxylation is 2. The normalized spacial score (nSPS) is 15.2. The molecular formula is C24H30FN3O. The van der Waals surface area contributed by atoms with Crippen molar-refractivity contribution in [3.8, 4) is 5.75 Å². The zero-order valence-electron chi connectivity index (χ0n) is 17.4. The van der Waals surface area contributed by atoms with Crippen LogP contribution in [0.2, 0.25) is 0 Å². The summed E-state index contributed by atoms with van der Waals surface area (Å²) in [4.78, 5) is 4.96. The average Bonchev–Trinajstić information content (AvgIpc) is 3.11. The second-order valence-corrected chi connectivity index (χ2v) is 7.71. The minimum Gasteiger partial charge on any atom is -0.495 e. The van der Waals surface area contributed by atoms with Gasteiger partial charge in [0.25, 0.3) is 0 Å². The minimum absolute atomic E-state index is 0.162. The first kappa shape index (κ1) is 19.8. The number of fused-ring (bicyclic) bond motifs is 1. The first-order valence-corrected chi connectivity index (χ1v) is 10.6. The van der Waals surface area contributed by atoms with E-state index < -0.39 is 0 Å². The highest BCUT2D eigenvalue weighted by molar-refractivity contribution is 5.84. The van der Waals surface area contributed by atoms with Crippen molar-refractivity contribution in [2.24, 2.45) is 0 Å². The second kappa shape index (κ2) is 8.87. The van der Waals surface area contributed by atoms with E-state index in [1.165, 1.54) is 16.6 Å². The van der Waals surface area contributed by atoms with Gasteiger partial charge in [-0.15, -0.1) is 0 Å². The Bertz CT molecular complexity index is 960. The molecule has 5 heteroatoms. The first-order chi connectivity index (χ1) is 14.2. The third kappa shape index (κ3) is 4.25. The highest BCUT2D eigenvalue weighted by atomic mass is 19.1. The Morgan fingerprint density at radius 1 is 1.03 bits per heavy atom. The van der Waals surface area contributed by atoms with Gasteiger partial charge in [-0.1, -0.05) is 12.1 Å². The SMILES string of the molecule is CCn1cc(CCCN2CCN(c3ccccc3OC)CC2)c2ccc(F)cc21. The zero-order chi connectivity index (χ0) is 20.2. The fourth-order valence-electron chi connectivity index (χ4n) is 4.40. The number of halogens is 1. The van der Waals surface area contributed by atoms with Crippen molar-refractivity contribution in [3.63, 3.8) is 0 Å². The van der Waals surface area contributed by atoms with E-state index in [0.717, 1.165) is 63.4 Å². The third-order valence-electron chi connectivity index (χ3n) is 5.99. The molecule has 2 aromatic carbocycles. The lowest BCUT2D eigenvalue weighted by atomic mass is 10.1. The first-order valence-electron chi connectivity index (χ1n) is 10.6. The molecule has 4 nitrogen and oxygen atoms in total. The number of hydrogen-bond donors (Lipinski definition) is 0. The van der Waals surface area contributed by atoms with Crippen molar-refractivity contribution < 1.29 is 9.13 Å². The van der Waals surface area contributed by atoms with Crippen LogP contribution in [0.25, 0.3) is 10.9 Å². The molecule has 1 aromatic heterocycles. The van der Waals surface area contributed by atoms with Crippen LogP contribution in [0.1, 0.15) is 18.9 Å². The number of rotatable bonds is 7. The molecule has 0 bridgehead atoms. The van der Waals surface area contributed by atoms with E-state index in [0.29, 0.717) is 0 Å². The van der Waals surface area contributed by atoms with Crippen molar-refractivity contribution >= 4 is 16.6 Å². The van der Waals surface area contributed by atoms with Gasteiger partial charge in [0.15, 0.2) is 0 Å². The Hall–Kier alpha value is -2.53. The average molecular weight is 396 g/mol. The Kier molecular flexibility index (Phi) is 6.05. The Morgan fingerprint density at radius 3 is 2.59 bits per heavy atom. The van der Waals surface area contributed by atoms with Gasteiger partial charge in [-0.25, -0.2) is 4.39 Å². The van der Waals surface area contributed by atoms with E-state index in [1.54, 1.807) is 19.2 Å². The molecule has 1 saturated heterocycles. The maximum absolute atomic E-state index is 13.6. The van der Waals surface area contributed by atoms with Crippen molar-refractivity contribution in [1.29, 1.82) is 0 Å². The summed E-state index contributed by atoms with van der Waals surface area (Å²) >= 11 is 0. The van der Waals surface area contributed by atoms with Gasteiger partial charge in [0, 0.05) is 44.3 Å². The number of ether oxygens (including phenoxy) is 1. The van der Waals surface area contributed by atoms with Crippen LogP contribution in [0.3, 0.4) is 0 Å². The van der Waals surface area contributed by atoms with Crippen LogP contribution < -0.4 is 9.64 Å². The van der Waals surface area contributed by atoms with E-state index >= 15 is 0 Å². The fourth-order valence-corrected chi connectivity index (χ4v) is 4.40. The number of anilines is 1. The van der Waals surface area contributed by atoms with Gasteiger partial charge >= 0.3 is 0 Å². The van der Waals surface area contributed by atoms with E-state index in [4.69, 9.17) is 4.74 Å². The molecule has 0 radical (unpaired) electrons. The monoisotopic (exact) mass is 395 g/mol. The topological polar surface area (TPSA) is 20.6 Å². The van der Waals surface area contributed by atoms with Crippen LogP contribution in [0, 0.1) is 5.82 Å². The van der Waals surface area contributed by atoms with Gasteiger partial charge in [0.1, 0.15) is 11.6 Å². The lowest BCUT2D eigenvalue weighted by Gasteiger charge is -2.36. The summed E-state index contributed by atoms with van der Waals surface area (Å²) in [5.41, 5.74) is 3.52. The number of para-hydroxylation sites is 2. The van der Waals surface area contributed by atoms with Gasteiger partial charge in [-0.3, -0.25) is 4.90 Å². The van der Waals surface area contributed by atoms with E-state index in [1.807, 2.05) is 18.2 Å². The number of benzene rings is 2. The summed E-state index contributed by atoms with van der Waals surface area (Å²) in [6.45, 7) is 8.25. The summed E-state index contributed by atoms with van der Waals surface area (Å²) in [5.74, 6) is 0.787. The van der Waals surface area contributed by atoms with Crippen LogP contribution in [0.15, 0.2) is 48.7 Å². The molecule has 4 rings (SSSR count). The molecule has 0 atom stereocenters. The zero-order valence-corrected chi connectivity index (χ0v) is 17.4. The summed E-state index contributed by atoms with van der Waals surface area (Å²) < 4.78 is 21.3. The molecule has 0 aliphatic carbocycles. The Balaban J connectivity index is 1.32. The maximum Gasteiger partial charge on any atom is 0.142 e. The van der Waals surface area contributed by atoms with Gasteiger partial charge in [0.2, 0.25) is 0 Å². The van der Waals surface area contributed by atoms with Crippen LogP contribution in [-0.4, -0.2) is 49.3 Å². The molecule has 0 N–H and O–H groups in total. The van der Waals surface area contributed by atoms with Gasteiger partial charge in [-0.2, -0.15) is 0 Å². The van der Waals surface area contributed by atoms with Crippen LogP contribution in [0.4, 0.5) is 10.1 Å². The molecule has 1 fully saturated rings. The van der Waals surface area contributed by atoms with Gasteiger partial charge in [0.05, 0.1) is 18.3 Å². The largest absolute Gasteiger partial charge is 0.495 e. The molecule has 29 heavy (non-hydrogen) atoms. The van der Waals surface area contributed by atoms with Crippen molar-refractivity contribution in [2.75, 3.05) is 44.7 Å². The molecule has 3 aromatic rings. The van der Waals surface area contributed by atoms with Crippen LogP contribution >= 0.6 is 0 Å². The highest BCUT2D eigenvalue weighted by Crippen LogP contribution is 2.28. The van der Waals surface area contributed by atoms with Crippen molar-refractivity contribution in [1.82, 2.24) is 9.47 Å². The smallest absolute Gasteiger partial charge is 0.142 e. The lowest BCUT2D eigenvalue weighted by Crippen LogP contribution is -2.46. The molecule has 0 saturated carbocycles. The van der Waals surface area contributed by atoms with E-state index in [9.17, 15) is 4.39 Å². The number of nitrogens with zero attached hydrogens (tertiary/aromatic N) is 3. The number of aromatic nitrogens is 1. The van der Waals surface area contributed by atoms with Gasteiger partial charge in [-0.05, 0) is 62.2 Å². The minimum atomic E-state index is -0.162. The predicted molar refractivity (Wildman–Crippen MR) is 118 cm³/mol. The van der Waals surface area contributed by atoms with E-state index in [-0.39, 0.29) is 5.82 Å². The third-order valence-corrected chi connectivity index (χ3v) is 5.99. The van der Waals surface area contributed by atoms with Crippen LogP contribution in [0.5, 0.6) is 5.75 Å². The summed E-state index contributed by atoms with van der Waals surface area (Å²) in [6, 6.07) is 13.4. The number of hydrogen-bond acceptors (Lipinski definition) is 3. The molecule has 1 aliphatic rings. The maximum atomic E-state index is 13.6. The number of methoxy groups -OCH3 is 1. The second-order valence-electron chi connectivity index (χ2n) is 7.71. The highest BCUT2D eigenvalue weighted by Gasteiger charge is 2.19. The van der Waals surface area contributed by atoms with Crippen LogP contribution in [-0.2, 0) is 13.0 Å². The van der Waals surface area contributed by atoms with Crippen molar-refractivity contribution in [3.05, 3.63) is 60.0 Å². The van der Waals surface area contributed by atoms with Crippen molar-refractivity contribution in [2.45, 2.75) is 26.3 Å². The molecule has 0 unspecified atom stereocenters. The molecule has 154 valence electrons. The lowest BCUT2D eigenvalue weighted by molar-refractivity contribution is 0.254. The predicted octanol–water partition coefficient (Wildman–Crippen LogP) is 4.56. The summed E-state index contributed by atoms with van der Waals surface area (Å²) in [7, 11) is 1.74. The summed E-state index contributed by atoms with van der Waals surface area (Å²) in [5, 5.41) is 1.19. The Labute approximate surface area is 172 Å². The van der Waals surface area contributed by atoms with E-state index in [2.05, 4.69) is 39.6 Å². The summed E-state index contributed by atoms with van der Waals surface area (Å²) in [6.07, 6.45) is 4.35.